The number of hydrogen-bond donors (Lipinski definition) is 0. The molecule has 0 heterocycles. The van der Waals surface area contributed by atoms with Gasteiger partial charge in [0.2, 0.25) is 0 Å². The van der Waals surface area contributed by atoms with Crippen molar-refractivity contribution in [1.82, 2.24) is 0 Å². The second-order valence-corrected chi connectivity index (χ2v) is 6.95. The van der Waals surface area contributed by atoms with Crippen molar-refractivity contribution in [2.24, 2.45) is 5.92 Å². The van der Waals surface area contributed by atoms with Crippen LogP contribution >= 0.6 is 0 Å². The number of ether oxygens (including phenoxy) is 2. The molecule has 0 saturated carbocycles. The normalized spacial score (nSPS) is 11.9. The van der Waals surface area contributed by atoms with Crippen LogP contribution in [0.15, 0.2) is 18.2 Å². The molecule has 0 saturated heterocycles. The fraction of sp³-hybridized carbons (Fsp3) is 0.600. The van der Waals surface area contributed by atoms with Crippen molar-refractivity contribution < 1.29 is 24.0 Å². The first kappa shape index (κ1) is 22.6. The summed E-state index contributed by atoms with van der Waals surface area (Å²) in [5.41, 5.74) is 1.11. The number of carbonyl (C=O) groups is 2. The third-order valence-electron chi connectivity index (χ3n) is 4.23. The molecular weight excluding hydrogens is 350 g/mol. The number of benzene rings is 1. The van der Waals surface area contributed by atoms with E-state index in [1.807, 2.05) is 20.8 Å². The Bertz CT molecular complexity index is 656. The van der Waals surface area contributed by atoms with Crippen molar-refractivity contribution in [2.75, 3.05) is 0 Å². The van der Waals surface area contributed by atoms with E-state index in [-0.39, 0.29) is 43.1 Å². The van der Waals surface area contributed by atoms with Crippen molar-refractivity contribution in [3.63, 3.8) is 0 Å². The third kappa shape index (κ3) is 8.19. The maximum absolute atomic E-state index is 11.9. The lowest BCUT2D eigenvalue weighted by atomic mass is 10.0. The number of nitro benzene ring substituents is 1. The summed E-state index contributed by atoms with van der Waals surface area (Å²) in [6.07, 6.45) is 2.30. The van der Waals surface area contributed by atoms with Gasteiger partial charge in [0, 0.05) is 24.5 Å². The van der Waals surface area contributed by atoms with E-state index < -0.39 is 10.9 Å². The van der Waals surface area contributed by atoms with Crippen molar-refractivity contribution in [3.05, 3.63) is 39.4 Å². The lowest BCUT2D eigenvalue weighted by Gasteiger charge is -2.20. The largest absolute Gasteiger partial charge is 0.462 e. The van der Waals surface area contributed by atoms with Crippen LogP contribution in [0.4, 0.5) is 5.69 Å². The van der Waals surface area contributed by atoms with Crippen LogP contribution in [0.1, 0.15) is 64.0 Å². The SMILES string of the molecule is CCCC(OC(=O)CCCC(=O)OCc1ccc(C)c([N+](=O)[O-])c1)C(C)C. The molecule has 1 unspecified atom stereocenters. The smallest absolute Gasteiger partial charge is 0.306 e. The molecule has 0 aromatic heterocycles. The van der Waals surface area contributed by atoms with Gasteiger partial charge in [0.25, 0.3) is 5.69 Å². The molecule has 27 heavy (non-hydrogen) atoms. The van der Waals surface area contributed by atoms with Gasteiger partial charge in [0.05, 0.1) is 4.92 Å². The molecule has 0 aliphatic rings. The van der Waals surface area contributed by atoms with E-state index in [1.54, 1.807) is 19.1 Å². The van der Waals surface area contributed by atoms with Gasteiger partial charge in [-0.3, -0.25) is 19.7 Å². The van der Waals surface area contributed by atoms with Crippen LogP contribution in [0.2, 0.25) is 0 Å². The van der Waals surface area contributed by atoms with Gasteiger partial charge in [-0.05, 0) is 31.2 Å². The van der Waals surface area contributed by atoms with Gasteiger partial charge in [-0.1, -0.05) is 39.3 Å². The minimum atomic E-state index is -0.463. The van der Waals surface area contributed by atoms with Crippen molar-refractivity contribution >= 4 is 17.6 Å². The highest BCUT2D eigenvalue weighted by Gasteiger charge is 2.18. The van der Waals surface area contributed by atoms with E-state index in [2.05, 4.69) is 0 Å². The fourth-order valence-electron chi connectivity index (χ4n) is 2.60. The first-order valence-corrected chi connectivity index (χ1v) is 9.33. The summed E-state index contributed by atoms with van der Waals surface area (Å²) in [5, 5.41) is 10.9. The van der Waals surface area contributed by atoms with Gasteiger partial charge >= 0.3 is 11.9 Å². The quantitative estimate of drug-likeness (QED) is 0.319. The van der Waals surface area contributed by atoms with Crippen LogP contribution in [0.5, 0.6) is 0 Å². The fourth-order valence-corrected chi connectivity index (χ4v) is 2.60. The summed E-state index contributed by atoms with van der Waals surface area (Å²) in [7, 11) is 0. The number of carbonyl (C=O) groups excluding carboxylic acids is 2. The summed E-state index contributed by atoms with van der Waals surface area (Å²) < 4.78 is 10.6. The number of nitro groups is 1. The molecule has 0 aliphatic heterocycles. The number of rotatable bonds is 11. The molecule has 0 bridgehead atoms. The van der Waals surface area contributed by atoms with Crippen LogP contribution < -0.4 is 0 Å². The Kier molecular flexibility index (Phi) is 9.47. The molecule has 1 aromatic rings. The molecule has 0 N–H and O–H groups in total. The Morgan fingerprint density at radius 2 is 1.85 bits per heavy atom. The lowest BCUT2D eigenvalue weighted by Crippen LogP contribution is -2.23. The molecule has 1 aromatic carbocycles. The van der Waals surface area contributed by atoms with Gasteiger partial charge in [-0.2, -0.15) is 0 Å². The predicted octanol–water partition coefficient (Wildman–Crippen LogP) is 4.48. The zero-order valence-electron chi connectivity index (χ0n) is 16.5. The summed E-state index contributed by atoms with van der Waals surface area (Å²) in [6, 6.07) is 4.71. The Labute approximate surface area is 160 Å². The molecule has 150 valence electrons. The standard InChI is InChI=1S/C20H29NO6/c1-5-7-18(14(2)3)27-20(23)9-6-8-19(22)26-13-16-11-10-15(4)17(12-16)21(24)25/h10-12,14,18H,5-9,13H2,1-4H3. The third-order valence-corrected chi connectivity index (χ3v) is 4.23. The predicted molar refractivity (Wildman–Crippen MR) is 101 cm³/mol. The number of hydrogen-bond acceptors (Lipinski definition) is 6. The summed E-state index contributed by atoms with van der Waals surface area (Å²) >= 11 is 0. The Balaban J connectivity index is 2.36. The summed E-state index contributed by atoms with van der Waals surface area (Å²) in [6.45, 7) is 7.69. The minimum absolute atomic E-state index is 0.00178. The van der Waals surface area contributed by atoms with E-state index in [4.69, 9.17) is 9.47 Å². The maximum atomic E-state index is 11.9. The molecule has 1 atom stereocenters. The van der Waals surface area contributed by atoms with Gasteiger partial charge in [0.1, 0.15) is 12.7 Å². The molecule has 0 amide bonds. The average Bonchev–Trinajstić information content (AvgIpc) is 2.60. The molecule has 1 rings (SSSR count). The zero-order chi connectivity index (χ0) is 20.4. The zero-order valence-corrected chi connectivity index (χ0v) is 16.5. The van der Waals surface area contributed by atoms with Crippen molar-refractivity contribution in [2.45, 2.75) is 72.5 Å². The van der Waals surface area contributed by atoms with Crippen LogP contribution in [-0.2, 0) is 25.7 Å². The van der Waals surface area contributed by atoms with E-state index in [1.165, 1.54) is 6.07 Å². The van der Waals surface area contributed by atoms with E-state index >= 15 is 0 Å². The molecule has 0 fully saturated rings. The van der Waals surface area contributed by atoms with Crippen LogP contribution in [-0.4, -0.2) is 23.0 Å². The van der Waals surface area contributed by atoms with Crippen LogP contribution in [0.3, 0.4) is 0 Å². The number of esters is 2. The second kappa shape index (κ2) is 11.3. The number of aryl methyl sites for hydroxylation is 1. The van der Waals surface area contributed by atoms with Crippen molar-refractivity contribution in [3.8, 4) is 0 Å². The summed E-state index contributed by atoms with van der Waals surface area (Å²) in [4.78, 5) is 34.2. The first-order chi connectivity index (χ1) is 12.7. The highest BCUT2D eigenvalue weighted by Crippen LogP contribution is 2.20. The molecular formula is C20H29NO6. The van der Waals surface area contributed by atoms with Gasteiger partial charge in [0.15, 0.2) is 0 Å². The molecule has 0 radical (unpaired) electrons. The molecule has 0 aliphatic carbocycles. The van der Waals surface area contributed by atoms with E-state index in [0.29, 0.717) is 17.5 Å². The van der Waals surface area contributed by atoms with Gasteiger partial charge in [-0.25, -0.2) is 0 Å². The topological polar surface area (TPSA) is 95.7 Å². The molecule has 7 nitrogen and oxygen atoms in total. The minimum Gasteiger partial charge on any atom is -0.462 e. The Morgan fingerprint density at radius 1 is 1.19 bits per heavy atom. The van der Waals surface area contributed by atoms with E-state index in [0.717, 1.165) is 12.8 Å². The second-order valence-electron chi connectivity index (χ2n) is 6.95. The van der Waals surface area contributed by atoms with Crippen LogP contribution in [0.25, 0.3) is 0 Å². The molecule has 7 heteroatoms. The van der Waals surface area contributed by atoms with Crippen LogP contribution in [0, 0.1) is 23.0 Å². The first-order valence-electron chi connectivity index (χ1n) is 9.33. The Hall–Kier alpha value is -2.44. The lowest BCUT2D eigenvalue weighted by molar-refractivity contribution is -0.385. The molecule has 0 spiro atoms. The summed E-state index contributed by atoms with van der Waals surface area (Å²) in [5.74, 6) is -0.485. The maximum Gasteiger partial charge on any atom is 0.306 e. The highest BCUT2D eigenvalue weighted by atomic mass is 16.6. The highest BCUT2D eigenvalue weighted by molar-refractivity contribution is 5.72. The monoisotopic (exact) mass is 379 g/mol. The Morgan fingerprint density at radius 3 is 2.44 bits per heavy atom. The number of nitrogens with zero attached hydrogens (tertiary/aromatic N) is 1. The van der Waals surface area contributed by atoms with Gasteiger partial charge in [-0.15, -0.1) is 0 Å². The van der Waals surface area contributed by atoms with Crippen molar-refractivity contribution in [1.29, 1.82) is 0 Å². The average molecular weight is 379 g/mol. The van der Waals surface area contributed by atoms with Gasteiger partial charge < -0.3 is 9.47 Å². The van der Waals surface area contributed by atoms with E-state index in [9.17, 15) is 19.7 Å².